The van der Waals surface area contributed by atoms with Crippen molar-refractivity contribution in [1.29, 1.82) is 0 Å². The molecule has 21 heavy (non-hydrogen) atoms. The Kier molecular flexibility index (Phi) is 7.28. The van der Waals surface area contributed by atoms with Gasteiger partial charge in [0.2, 0.25) is 0 Å². The highest BCUT2D eigenvalue weighted by molar-refractivity contribution is 7.90. The van der Waals surface area contributed by atoms with Crippen LogP contribution in [0.5, 0.6) is 0 Å². The number of hydrogen-bond acceptors (Lipinski definition) is 3. The van der Waals surface area contributed by atoms with Gasteiger partial charge in [-0.15, -0.1) is 12.4 Å². The summed E-state index contributed by atoms with van der Waals surface area (Å²) in [7, 11) is -3.00. The molecule has 0 bridgehead atoms. The highest BCUT2D eigenvalue weighted by atomic mass is 35.5. The summed E-state index contributed by atoms with van der Waals surface area (Å²) in [5.41, 5.74) is 1.08. The first-order valence-corrected chi connectivity index (χ1v) is 9.52. The van der Waals surface area contributed by atoms with Crippen molar-refractivity contribution in [2.24, 2.45) is 5.92 Å². The Morgan fingerprint density at radius 2 is 2.00 bits per heavy atom. The maximum absolute atomic E-state index is 11.6. The molecular formula is C14H20Cl3NO2S. The smallest absolute Gasteiger partial charge is 0.147 e. The molecule has 1 fully saturated rings. The van der Waals surface area contributed by atoms with Gasteiger partial charge in [0.25, 0.3) is 0 Å². The van der Waals surface area contributed by atoms with Gasteiger partial charge in [0.05, 0.1) is 15.8 Å². The summed E-state index contributed by atoms with van der Waals surface area (Å²) < 4.78 is 23.3. The van der Waals surface area contributed by atoms with Gasteiger partial charge in [0, 0.05) is 6.26 Å². The number of hydrogen-bond donors (Lipinski definition) is 1. The molecule has 2 unspecified atom stereocenters. The molecule has 1 aliphatic rings. The van der Waals surface area contributed by atoms with Crippen molar-refractivity contribution in [3.63, 3.8) is 0 Å². The molecule has 0 spiro atoms. The molecule has 2 atom stereocenters. The van der Waals surface area contributed by atoms with Crippen molar-refractivity contribution >= 4 is 45.4 Å². The topological polar surface area (TPSA) is 46.2 Å². The summed E-state index contributed by atoms with van der Waals surface area (Å²) >= 11 is 12.0. The predicted molar refractivity (Wildman–Crippen MR) is 91.8 cm³/mol. The van der Waals surface area contributed by atoms with Crippen LogP contribution in [-0.4, -0.2) is 33.5 Å². The molecule has 0 aliphatic carbocycles. The van der Waals surface area contributed by atoms with Crippen LogP contribution in [0.4, 0.5) is 0 Å². The first-order chi connectivity index (χ1) is 9.37. The van der Waals surface area contributed by atoms with Gasteiger partial charge in [0.1, 0.15) is 9.84 Å². The molecule has 0 aromatic heterocycles. The third-order valence-corrected chi connectivity index (χ3v) is 5.51. The van der Waals surface area contributed by atoms with E-state index in [1.807, 2.05) is 12.1 Å². The van der Waals surface area contributed by atoms with E-state index in [4.69, 9.17) is 23.2 Å². The highest BCUT2D eigenvalue weighted by Crippen LogP contribution is 2.34. The number of nitrogens with one attached hydrogen (secondary N) is 1. The Hall–Kier alpha value is -0.000000000000000167. The first-order valence-electron chi connectivity index (χ1n) is 6.70. The fourth-order valence-electron chi connectivity index (χ4n) is 2.86. The molecule has 7 heteroatoms. The van der Waals surface area contributed by atoms with Gasteiger partial charge in [-0.3, -0.25) is 0 Å². The van der Waals surface area contributed by atoms with Crippen molar-refractivity contribution in [1.82, 2.24) is 5.32 Å². The van der Waals surface area contributed by atoms with Crippen LogP contribution >= 0.6 is 35.6 Å². The summed E-state index contributed by atoms with van der Waals surface area (Å²) in [6.45, 7) is 1.65. The van der Waals surface area contributed by atoms with Crippen LogP contribution in [-0.2, 0) is 9.84 Å². The minimum absolute atomic E-state index is 0. The van der Waals surface area contributed by atoms with Crippen molar-refractivity contribution in [2.45, 2.75) is 18.8 Å². The molecule has 0 radical (unpaired) electrons. The van der Waals surface area contributed by atoms with Crippen LogP contribution < -0.4 is 5.32 Å². The van der Waals surface area contributed by atoms with E-state index in [1.165, 1.54) is 6.26 Å². The second-order valence-electron chi connectivity index (χ2n) is 5.48. The molecule has 1 aromatic carbocycles. The highest BCUT2D eigenvalue weighted by Gasteiger charge is 2.28. The lowest BCUT2D eigenvalue weighted by atomic mass is 9.84. The first kappa shape index (κ1) is 19.0. The quantitative estimate of drug-likeness (QED) is 0.882. The Balaban J connectivity index is 0.00000220. The van der Waals surface area contributed by atoms with E-state index in [1.54, 1.807) is 6.07 Å². The molecule has 1 aromatic rings. The molecule has 3 nitrogen and oxygen atoms in total. The van der Waals surface area contributed by atoms with Crippen LogP contribution in [0.25, 0.3) is 0 Å². The van der Waals surface area contributed by atoms with Gasteiger partial charge in [-0.2, -0.15) is 0 Å². The second-order valence-corrected chi connectivity index (χ2v) is 8.48. The lowest BCUT2D eigenvalue weighted by Gasteiger charge is -2.25. The molecule has 1 heterocycles. The van der Waals surface area contributed by atoms with E-state index in [9.17, 15) is 8.42 Å². The van der Waals surface area contributed by atoms with Gasteiger partial charge in [-0.05, 0) is 55.5 Å². The minimum atomic E-state index is -3.00. The minimum Gasteiger partial charge on any atom is -0.316 e. The van der Waals surface area contributed by atoms with Gasteiger partial charge < -0.3 is 5.32 Å². The summed E-state index contributed by atoms with van der Waals surface area (Å²) in [5.74, 6) is 0.476. The fraction of sp³-hybridized carbons (Fsp3) is 0.571. The zero-order chi connectivity index (χ0) is 14.8. The Bertz CT molecular complexity index is 578. The van der Waals surface area contributed by atoms with E-state index >= 15 is 0 Å². The van der Waals surface area contributed by atoms with Crippen LogP contribution in [0.1, 0.15) is 24.3 Å². The maximum Gasteiger partial charge on any atom is 0.147 e. The predicted octanol–water partition coefficient (Wildman–Crippen LogP) is 3.54. The summed E-state index contributed by atoms with van der Waals surface area (Å²) in [4.78, 5) is 0. The number of halogens is 3. The number of sulfone groups is 1. The Labute approximate surface area is 142 Å². The van der Waals surface area contributed by atoms with Gasteiger partial charge in [0.15, 0.2) is 0 Å². The van der Waals surface area contributed by atoms with E-state index in [-0.39, 0.29) is 30.0 Å². The molecule has 1 aliphatic heterocycles. The number of benzene rings is 1. The molecule has 120 valence electrons. The SMILES string of the molecule is CS(=O)(=O)CC1CNCCCC1c1ccc(Cl)c(Cl)c1.Cl. The largest absolute Gasteiger partial charge is 0.316 e. The normalized spacial score (nSPS) is 23.2. The molecule has 0 amide bonds. The summed E-state index contributed by atoms with van der Waals surface area (Å²) in [6.07, 6.45) is 3.29. The third kappa shape index (κ3) is 5.61. The van der Waals surface area contributed by atoms with Crippen LogP contribution in [0, 0.1) is 5.92 Å². The van der Waals surface area contributed by atoms with E-state index in [0.29, 0.717) is 10.0 Å². The van der Waals surface area contributed by atoms with Crippen molar-refractivity contribution in [3.05, 3.63) is 33.8 Å². The van der Waals surface area contributed by atoms with Crippen molar-refractivity contribution in [2.75, 3.05) is 25.1 Å². The molecule has 1 saturated heterocycles. The van der Waals surface area contributed by atoms with E-state index < -0.39 is 9.84 Å². The van der Waals surface area contributed by atoms with Gasteiger partial charge >= 0.3 is 0 Å². The molecule has 2 rings (SSSR count). The molecular weight excluding hydrogens is 353 g/mol. The Morgan fingerprint density at radius 3 is 2.62 bits per heavy atom. The van der Waals surface area contributed by atoms with Crippen LogP contribution in [0.3, 0.4) is 0 Å². The van der Waals surface area contributed by atoms with Crippen molar-refractivity contribution < 1.29 is 8.42 Å². The van der Waals surface area contributed by atoms with Gasteiger partial charge in [-0.1, -0.05) is 29.3 Å². The lowest BCUT2D eigenvalue weighted by Crippen LogP contribution is -2.29. The van der Waals surface area contributed by atoms with Crippen LogP contribution in [0.2, 0.25) is 10.0 Å². The molecule has 0 saturated carbocycles. The standard InChI is InChI=1S/C14H19Cl2NO2S.ClH/c1-20(18,19)9-11-8-17-6-2-3-12(11)10-4-5-13(15)14(16)7-10;/h4-5,7,11-12,17H,2-3,6,8-9H2,1H3;1H. The monoisotopic (exact) mass is 371 g/mol. The second kappa shape index (κ2) is 8.02. The average Bonchev–Trinajstić information content (AvgIpc) is 2.56. The van der Waals surface area contributed by atoms with Crippen LogP contribution in [0.15, 0.2) is 18.2 Å². The average molecular weight is 373 g/mol. The van der Waals surface area contributed by atoms with Crippen molar-refractivity contribution in [3.8, 4) is 0 Å². The lowest BCUT2D eigenvalue weighted by molar-refractivity contribution is 0.449. The zero-order valence-corrected chi connectivity index (χ0v) is 15.0. The molecule has 1 N–H and O–H groups in total. The van der Waals surface area contributed by atoms with E-state index in [2.05, 4.69) is 5.32 Å². The summed E-state index contributed by atoms with van der Waals surface area (Å²) in [5, 5.41) is 4.38. The third-order valence-electron chi connectivity index (χ3n) is 3.73. The fourth-order valence-corrected chi connectivity index (χ4v) is 4.29. The summed E-state index contributed by atoms with van der Waals surface area (Å²) in [6, 6.07) is 5.61. The van der Waals surface area contributed by atoms with Gasteiger partial charge in [-0.25, -0.2) is 8.42 Å². The maximum atomic E-state index is 11.6. The van der Waals surface area contributed by atoms with E-state index in [0.717, 1.165) is 31.5 Å². The number of rotatable bonds is 3. The zero-order valence-electron chi connectivity index (χ0n) is 11.8. The Morgan fingerprint density at radius 1 is 1.29 bits per heavy atom.